The Morgan fingerprint density at radius 1 is 0.789 bits per heavy atom. The monoisotopic (exact) mass is 585 g/mol. The third kappa shape index (κ3) is 6.68. The van der Waals surface area contributed by atoms with Gasteiger partial charge in [-0.25, -0.2) is 16.8 Å². The fraction of sp³-hybridized carbons (Fsp3) is 0.130. The Bertz CT molecular complexity index is 1710. The Kier molecular flexibility index (Phi) is 8.64. The molecule has 194 valence electrons. The summed E-state index contributed by atoms with van der Waals surface area (Å²) in [5, 5.41) is 3.30. The largest absolute Gasteiger partial charge is 0.253 e. The van der Waals surface area contributed by atoms with Crippen LogP contribution in [0.25, 0.3) is 33.2 Å². The minimum absolute atomic E-state index is 0.0218. The zero-order valence-electron chi connectivity index (χ0n) is 19.7. The molecule has 38 heavy (non-hydrogen) atoms. The molecule has 0 unspecified atom stereocenters. The number of nitrogens with zero attached hydrogens (tertiary/aromatic N) is 7. The second-order valence-electron chi connectivity index (χ2n) is 7.67. The summed E-state index contributed by atoms with van der Waals surface area (Å²) in [5.41, 5.74) is 9.78. The molecule has 0 aliphatic carbocycles. The van der Waals surface area contributed by atoms with Crippen molar-refractivity contribution in [1.82, 2.24) is 19.9 Å². The van der Waals surface area contributed by atoms with Crippen molar-refractivity contribution in [3.63, 3.8) is 0 Å². The van der Waals surface area contributed by atoms with Crippen LogP contribution in [0, 0.1) is 0 Å². The topological polar surface area (TPSA) is 169 Å². The lowest BCUT2D eigenvalue weighted by Crippen LogP contribution is -2.11. The van der Waals surface area contributed by atoms with Gasteiger partial charge >= 0.3 is 0 Å². The summed E-state index contributed by atoms with van der Waals surface area (Å²) < 4.78 is 49.5. The van der Waals surface area contributed by atoms with Gasteiger partial charge in [0.2, 0.25) is 0 Å². The van der Waals surface area contributed by atoms with Crippen molar-refractivity contribution in [2.45, 2.75) is 19.6 Å². The van der Waals surface area contributed by atoms with Gasteiger partial charge in [-0.2, -0.15) is 0 Å². The first-order valence-corrected chi connectivity index (χ1v) is 16.5. The van der Waals surface area contributed by atoms with Crippen LogP contribution < -0.4 is 0 Å². The van der Waals surface area contributed by atoms with Gasteiger partial charge < -0.3 is 0 Å². The Hall–Kier alpha value is -3.49. The highest BCUT2D eigenvalue weighted by Gasteiger charge is 2.21. The normalized spacial score (nSPS) is 11.6. The molecule has 0 saturated heterocycles. The van der Waals surface area contributed by atoms with Crippen LogP contribution in [0.15, 0.2) is 98.0 Å². The summed E-state index contributed by atoms with van der Waals surface area (Å²) in [6.07, 6.45) is 7.40. The van der Waals surface area contributed by atoms with E-state index in [0.29, 0.717) is 17.1 Å². The van der Waals surface area contributed by atoms with E-state index in [9.17, 15) is 16.8 Å². The van der Waals surface area contributed by atoms with E-state index in [0.717, 1.165) is 16.0 Å². The molecule has 4 rings (SSSR count). The van der Waals surface area contributed by atoms with E-state index < -0.39 is 19.7 Å². The molecule has 4 heterocycles. The van der Waals surface area contributed by atoms with E-state index in [1.54, 1.807) is 36.7 Å². The molecule has 0 atom stereocenters. The van der Waals surface area contributed by atoms with Crippen LogP contribution in [-0.4, -0.2) is 55.3 Å². The lowest BCUT2D eigenvalue weighted by Gasteiger charge is -2.09. The number of hydrogen-bond donors (Lipinski definition) is 0. The van der Waals surface area contributed by atoms with E-state index in [2.05, 4.69) is 30.0 Å². The SMILES string of the molecule is CS(=O)(=O)c1cccnc1-c1ccc(SSc2ccc(-c3ncccc3S(=O)(=O)CCN=[N+]=[N-])nc2)cn1. The van der Waals surface area contributed by atoms with Crippen molar-refractivity contribution in [2.75, 3.05) is 18.6 Å². The predicted molar refractivity (Wildman–Crippen MR) is 146 cm³/mol. The number of azide groups is 1. The van der Waals surface area contributed by atoms with Crippen molar-refractivity contribution >= 4 is 41.3 Å². The highest BCUT2D eigenvalue weighted by atomic mass is 33.1. The lowest BCUT2D eigenvalue weighted by molar-refractivity contribution is 0.595. The number of pyridine rings is 4. The van der Waals surface area contributed by atoms with E-state index in [-0.39, 0.29) is 27.8 Å². The first-order chi connectivity index (χ1) is 18.2. The lowest BCUT2D eigenvalue weighted by atomic mass is 10.2. The zero-order valence-corrected chi connectivity index (χ0v) is 23.0. The second kappa shape index (κ2) is 11.9. The van der Waals surface area contributed by atoms with Crippen molar-refractivity contribution in [1.29, 1.82) is 0 Å². The molecule has 0 aliphatic rings. The minimum atomic E-state index is -3.72. The quantitative estimate of drug-likeness (QED) is 0.108. The molecule has 0 saturated carbocycles. The number of sulfone groups is 2. The fourth-order valence-electron chi connectivity index (χ4n) is 3.27. The molecule has 0 aromatic carbocycles. The maximum Gasteiger partial charge on any atom is 0.180 e. The van der Waals surface area contributed by atoms with Crippen LogP contribution in [-0.2, 0) is 19.7 Å². The fourth-order valence-corrected chi connectivity index (χ4v) is 7.18. The van der Waals surface area contributed by atoms with E-state index in [4.69, 9.17) is 5.53 Å². The van der Waals surface area contributed by atoms with Gasteiger partial charge in [0.05, 0.1) is 26.9 Å². The molecule has 4 aromatic rings. The first kappa shape index (κ1) is 27.5. The Balaban J connectivity index is 1.47. The van der Waals surface area contributed by atoms with Gasteiger partial charge in [-0.05, 0) is 54.1 Å². The molecule has 0 radical (unpaired) electrons. The standard InChI is InChI=1S/C23H19N7O4S4/c1-37(31,32)20-4-2-10-25-22(20)18-8-6-16(14-27-18)35-36-17-7-9-19(28-15-17)23-21(5-3-11-26-23)38(33,34)13-12-29-30-24/h2-11,14-15H,12-13H2,1H3. The van der Waals surface area contributed by atoms with Crippen LogP contribution in [0.2, 0.25) is 0 Å². The molecule has 0 amide bonds. The molecule has 11 nitrogen and oxygen atoms in total. The summed E-state index contributed by atoms with van der Waals surface area (Å²) in [6, 6.07) is 13.1. The van der Waals surface area contributed by atoms with Gasteiger partial charge in [0.25, 0.3) is 0 Å². The van der Waals surface area contributed by atoms with Gasteiger partial charge in [0, 0.05) is 52.3 Å². The van der Waals surface area contributed by atoms with E-state index >= 15 is 0 Å². The molecular weight excluding hydrogens is 567 g/mol. The maximum absolute atomic E-state index is 12.7. The maximum atomic E-state index is 12.7. The van der Waals surface area contributed by atoms with Crippen molar-refractivity contribution in [3.05, 3.63) is 83.8 Å². The predicted octanol–water partition coefficient (Wildman–Crippen LogP) is 4.89. The molecule has 0 N–H and O–H groups in total. The van der Waals surface area contributed by atoms with Gasteiger partial charge in [-0.3, -0.25) is 19.9 Å². The van der Waals surface area contributed by atoms with Crippen LogP contribution in [0.4, 0.5) is 0 Å². The Labute approximate surface area is 227 Å². The van der Waals surface area contributed by atoms with Crippen LogP contribution in [0.5, 0.6) is 0 Å². The summed E-state index contributed by atoms with van der Waals surface area (Å²) in [5.74, 6) is -0.330. The number of rotatable bonds is 10. The van der Waals surface area contributed by atoms with Crippen molar-refractivity contribution in [3.8, 4) is 22.8 Å². The average molecular weight is 586 g/mol. The summed E-state index contributed by atoms with van der Waals surface area (Å²) in [6.45, 7) is -0.177. The highest BCUT2D eigenvalue weighted by Crippen LogP contribution is 2.38. The second-order valence-corrected chi connectivity index (χ2v) is 14.0. The minimum Gasteiger partial charge on any atom is -0.253 e. The van der Waals surface area contributed by atoms with Crippen LogP contribution in [0.3, 0.4) is 0 Å². The Morgan fingerprint density at radius 3 is 1.79 bits per heavy atom. The van der Waals surface area contributed by atoms with Gasteiger partial charge in [-0.1, -0.05) is 26.7 Å². The van der Waals surface area contributed by atoms with Crippen molar-refractivity contribution < 1.29 is 16.8 Å². The molecule has 4 aromatic heterocycles. The smallest absolute Gasteiger partial charge is 0.180 e. The van der Waals surface area contributed by atoms with Gasteiger partial charge in [0.15, 0.2) is 19.7 Å². The van der Waals surface area contributed by atoms with Crippen molar-refractivity contribution in [2.24, 2.45) is 5.11 Å². The first-order valence-electron chi connectivity index (χ1n) is 10.8. The molecule has 15 heteroatoms. The van der Waals surface area contributed by atoms with E-state index in [1.165, 1.54) is 52.2 Å². The van der Waals surface area contributed by atoms with Crippen LogP contribution in [0.1, 0.15) is 0 Å². The average Bonchev–Trinajstić information content (AvgIpc) is 2.92. The molecule has 0 fully saturated rings. The highest BCUT2D eigenvalue weighted by molar-refractivity contribution is 8.76. The number of hydrogen-bond acceptors (Lipinski definition) is 11. The molecule has 0 aliphatic heterocycles. The summed E-state index contributed by atoms with van der Waals surface area (Å²) in [7, 11) is -4.32. The zero-order chi connectivity index (χ0) is 27.2. The molecular formula is C23H19N7O4S4. The Morgan fingerprint density at radius 2 is 1.32 bits per heavy atom. The summed E-state index contributed by atoms with van der Waals surface area (Å²) in [4.78, 5) is 21.6. The van der Waals surface area contributed by atoms with Gasteiger partial charge in [-0.15, -0.1) is 0 Å². The van der Waals surface area contributed by atoms with Crippen LogP contribution >= 0.6 is 21.6 Å². The summed E-state index contributed by atoms with van der Waals surface area (Å²) >= 11 is 0. The molecule has 0 spiro atoms. The van der Waals surface area contributed by atoms with Gasteiger partial charge in [0.1, 0.15) is 11.4 Å². The molecule has 0 bridgehead atoms. The van der Waals surface area contributed by atoms with E-state index in [1.807, 2.05) is 6.07 Å². The third-order valence-corrected chi connectivity index (χ3v) is 10.2. The third-order valence-electron chi connectivity index (χ3n) is 4.99. The number of aromatic nitrogens is 4.